The van der Waals surface area contributed by atoms with Crippen molar-refractivity contribution in [3.05, 3.63) is 41.2 Å². The summed E-state index contributed by atoms with van der Waals surface area (Å²) in [5, 5.41) is 14.9. The second kappa shape index (κ2) is 12.8. The molecule has 0 saturated heterocycles. The van der Waals surface area contributed by atoms with Gasteiger partial charge in [-0.3, -0.25) is 4.79 Å². The van der Waals surface area contributed by atoms with E-state index in [0.717, 1.165) is 12.1 Å². The number of alkyl halides is 3. The molecule has 0 aliphatic heterocycles. The Morgan fingerprint density at radius 1 is 1.21 bits per heavy atom. The number of allylic oxidation sites excluding steroid dienone is 2. The number of aliphatic hydroxyl groups is 1. The third kappa shape index (κ3) is 7.75. The van der Waals surface area contributed by atoms with Crippen LogP contribution in [-0.4, -0.2) is 42.5 Å². The van der Waals surface area contributed by atoms with Gasteiger partial charge in [-0.25, -0.2) is 0 Å². The lowest BCUT2D eigenvalue weighted by molar-refractivity contribution is -0.137. The Hall–Kier alpha value is -2.55. The monoisotopic (exact) mass is 485 g/mol. The van der Waals surface area contributed by atoms with E-state index in [9.17, 15) is 23.1 Å². The van der Waals surface area contributed by atoms with Crippen LogP contribution in [0.4, 0.5) is 13.2 Å². The molecule has 1 aliphatic carbocycles. The minimum atomic E-state index is -4.46. The van der Waals surface area contributed by atoms with Crippen molar-refractivity contribution in [2.45, 2.75) is 65.7 Å². The van der Waals surface area contributed by atoms with Crippen molar-refractivity contribution in [3.8, 4) is 5.75 Å². The van der Waals surface area contributed by atoms with E-state index in [4.69, 9.17) is 14.3 Å². The first kappa shape index (κ1) is 27.7. The topological polar surface area (TPSA) is 77.4 Å². The van der Waals surface area contributed by atoms with Gasteiger partial charge in [-0.15, -0.1) is 0 Å². The highest BCUT2D eigenvalue weighted by Crippen LogP contribution is 2.32. The number of hydrogen-bond donors (Lipinski definition) is 1. The Balaban J connectivity index is 2.15. The average Bonchev–Trinajstić information content (AvgIpc) is 2.80. The van der Waals surface area contributed by atoms with Gasteiger partial charge in [0.25, 0.3) is 0 Å². The Morgan fingerprint density at radius 3 is 2.53 bits per heavy atom. The average molecular weight is 486 g/mol. The van der Waals surface area contributed by atoms with Crippen molar-refractivity contribution in [2.75, 3.05) is 19.8 Å². The molecule has 1 aliphatic rings. The molecule has 2 rings (SSSR count). The van der Waals surface area contributed by atoms with Gasteiger partial charge in [-0.1, -0.05) is 32.0 Å². The van der Waals surface area contributed by atoms with Gasteiger partial charge in [0.05, 0.1) is 23.5 Å². The Labute approximate surface area is 198 Å². The normalized spacial score (nSPS) is 19.2. The number of ether oxygens (including phenoxy) is 2. The van der Waals surface area contributed by atoms with Crippen molar-refractivity contribution < 1.29 is 37.4 Å². The van der Waals surface area contributed by atoms with Gasteiger partial charge in [0.1, 0.15) is 18.1 Å². The Bertz CT molecular complexity index is 882. The lowest BCUT2D eigenvalue weighted by Crippen LogP contribution is -2.30. The fraction of sp³-hybridized carbons (Fsp3) is 0.600. The van der Waals surface area contributed by atoms with E-state index in [2.05, 4.69) is 5.16 Å². The standard InChI is InChI=1S/C25H34F3NO5/c1-5-16(4)24(23-21(30)11-17(12-22(23)31)14-32-7-3)29-34-19(6-2)15-33-20-10-8-9-18(13-20)25(26,27)28/h8-10,13,16-17,19,30H,5-7,11-12,14-15H2,1-4H3/t16?,17-,19?/m0/s1. The highest BCUT2D eigenvalue weighted by molar-refractivity contribution is 6.23. The molecule has 3 atom stereocenters. The van der Waals surface area contributed by atoms with Crippen molar-refractivity contribution >= 4 is 11.5 Å². The highest BCUT2D eigenvalue weighted by atomic mass is 19.4. The molecule has 1 aromatic rings. The number of aliphatic hydroxyl groups excluding tert-OH is 1. The van der Waals surface area contributed by atoms with Crippen LogP contribution in [0.25, 0.3) is 0 Å². The van der Waals surface area contributed by atoms with Gasteiger partial charge in [0.15, 0.2) is 11.9 Å². The van der Waals surface area contributed by atoms with Gasteiger partial charge >= 0.3 is 6.18 Å². The number of rotatable bonds is 12. The summed E-state index contributed by atoms with van der Waals surface area (Å²) < 4.78 is 49.7. The lowest BCUT2D eigenvalue weighted by Gasteiger charge is -2.26. The zero-order valence-electron chi connectivity index (χ0n) is 20.2. The minimum absolute atomic E-state index is 0.0168. The quantitative estimate of drug-likeness (QED) is 0.286. The van der Waals surface area contributed by atoms with Crippen LogP contribution in [0.15, 0.2) is 40.8 Å². The first-order valence-electron chi connectivity index (χ1n) is 11.7. The Morgan fingerprint density at radius 2 is 1.94 bits per heavy atom. The molecule has 190 valence electrons. The number of ketones is 1. The first-order chi connectivity index (χ1) is 16.1. The fourth-order valence-corrected chi connectivity index (χ4v) is 3.55. The van der Waals surface area contributed by atoms with Crippen LogP contribution in [0.2, 0.25) is 0 Å². The highest BCUT2D eigenvalue weighted by Gasteiger charge is 2.33. The number of carbonyl (C=O) groups excluding carboxylic acids is 1. The number of hydrogen-bond acceptors (Lipinski definition) is 6. The second-order valence-electron chi connectivity index (χ2n) is 8.44. The zero-order chi connectivity index (χ0) is 25.3. The van der Waals surface area contributed by atoms with E-state index >= 15 is 0 Å². The van der Waals surface area contributed by atoms with E-state index in [1.54, 1.807) is 0 Å². The van der Waals surface area contributed by atoms with Gasteiger partial charge in [0.2, 0.25) is 0 Å². The third-order valence-corrected chi connectivity index (χ3v) is 5.77. The minimum Gasteiger partial charge on any atom is -0.511 e. The maximum absolute atomic E-state index is 12.9. The molecule has 9 heteroatoms. The summed E-state index contributed by atoms with van der Waals surface area (Å²) >= 11 is 0. The summed E-state index contributed by atoms with van der Waals surface area (Å²) in [4.78, 5) is 18.5. The molecule has 6 nitrogen and oxygen atoms in total. The molecule has 1 N–H and O–H groups in total. The first-order valence-corrected chi connectivity index (χ1v) is 11.7. The molecule has 0 spiro atoms. The van der Waals surface area contributed by atoms with Crippen molar-refractivity contribution in [3.63, 3.8) is 0 Å². The summed E-state index contributed by atoms with van der Waals surface area (Å²) in [7, 11) is 0. The maximum Gasteiger partial charge on any atom is 0.416 e. The second-order valence-corrected chi connectivity index (χ2v) is 8.44. The molecule has 1 aromatic carbocycles. The number of oxime groups is 1. The molecule has 0 radical (unpaired) electrons. The van der Waals surface area contributed by atoms with Crippen LogP contribution in [-0.2, 0) is 20.5 Å². The molecule has 0 heterocycles. The third-order valence-electron chi connectivity index (χ3n) is 5.77. The summed E-state index contributed by atoms with van der Waals surface area (Å²) in [5.74, 6) is -0.377. The molecular formula is C25H34F3NO5. The fourth-order valence-electron chi connectivity index (χ4n) is 3.55. The lowest BCUT2D eigenvalue weighted by atomic mass is 9.82. The van der Waals surface area contributed by atoms with Crippen molar-refractivity contribution in [1.82, 2.24) is 0 Å². The van der Waals surface area contributed by atoms with Crippen LogP contribution < -0.4 is 4.74 Å². The molecule has 0 fully saturated rings. The number of carbonyl (C=O) groups is 1. The van der Waals surface area contributed by atoms with Crippen LogP contribution in [0.5, 0.6) is 5.75 Å². The molecule has 0 bridgehead atoms. The molecule has 2 unspecified atom stereocenters. The van der Waals surface area contributed by atoms with Crippen LogP contribution in [0, 0.1) is 11.8 Å². The molecule has 34 heavy (non-hydrogen) atoms. The number of benzene rings is 1. The van der Waals surface area contributed by atoms with Crippen molar-refractivity contribution in [2.24, 2.45) is 17.0 Å². The van der Waals surface area contributed by atoms with Gasteiger partial charge in [0, 0.05) is 25.4 Å². The summed E-state index contributed by atoms with van der Waals surface area (Å²) in [6.07, 6.45) is -3.28. The molecule has 0 amide bonds. The molecular weight excluding hydrogens is 451 g/mol. The number of nitrogens with zero attached hydrogens (tertiary/aromatic N) is 1. The predicted molar refractivity (Wildman–Crippen MR) is 123 cm³/mol. The van der Waals surface area contributed by atoms with Gasteiger partial charge < -0.3 is 19.4 Å². The largest absolute Gasteiger partial charge is 0.511 e. The van der Waals surface area contributed by atoms with E-state index < -0.39 is 17.8 Å². The molecule has 0 aromatic heterocycles. The summed E-state index contributed by atoms with van der Waals surface area (Å²) in [5.41, 5.74) is -0.231. The maximum atomic E-state index is 12.9. The van der Waals surface area contributed by atoms with E-state index in [1.165, 1.54) is 12.1 Å². The SMILES string of the molecule is CCOC[C@@H]1CC(=O)C(C(=NOC(CC)COc2cccc(C(F)(F)F)c2)C(C)CC)=C(O)C1. The number of halogens is 3. The molecule has 0 saturated carbocycles. The van der Waals surface area contributed by atoms with E-state index in [-0.39, 0.29) is 47.7 Å². The van der Waals surface area contributed by atoms with E-state index in [0.29, 0.717) is 38.2 Å². The smallest absolute Gasteiger partial charge is 0.416 e. The van der Waals surface area contributed by atoms with Gasteiger partial charge in [-0.05, 0) is 43.9 Å². The van der Waals surface area contributed by atoms with Crippen molar-refractivity contribution in [1.29, 1.82) is 0 Å². The van der Waals surface area contributed by atoms with Crippen LogP contribution in [0.3, 0.4) is 0 Å². The summed E-state index contributed by atoms with van der Waals surface area (Å²) in [6.45, 7) is 8.45. The van der Waals surface area contributed by atoms with Crippen LogP contribution >= 0.6 is 0 Å². The van der Waals surface area contributed by atoms with Gasteiger partial charge in [-0.2, -0.15) is 13.2 Å². The predicted octanol–water partition coefficient (Wildman–Crippen LogP) is 6.11. The van der Waals surface area contributed by atoms with Crippen LogP contribution in [0.1, 0.15) is 58.9 Å². The number of Topliss-reactive ketones (excluding diaryl/α,β-unsaturated/α-hetero) is 1. The Kier molecular flexibility index (Phi) is 10.4. The zero-order valence-corrected chi connectivity index (χ0v) is 20.2. The summed E-state index contributed by atoms with van der Waals surface area (Å²) in [6, 6.07) is 4.63. The van der Waals surface area contributed by atoms with E-state index in [1.807, 2.05) is 27.7 Å².